The van der Waals surface area contributed by atoms with Crippen LogP contribution in [-0.2, 0) is 10.8 Å². The zero-order chi connectivity index (χ0) is 11.5. The lowest BCUT2D eigenvalue weighted by atomic mass is 10.3. The van der Waals surface area contributed by atoms with Crippen molar-refractivity contribution in [2.75, 3.05) is 18.6 Å². The quantitative estimate of drug-likeness (QED) is 0.801. The smallest absolute Gasteiger partial charge is 0.137 e. The molecule has 1 atom stereocenters. The number of hydrogen-bond acceptors (Lipinski definition) is 3. The van der Waals surface area contributed by atoms with E-state index in [1.54, 1.807) is 25.3 Å². The molecule has 1 aromatic carbocycles. The van der Waals surface area contributed by atoms with Crippen LogP contribution in [0.15, 0.2) is 23.1 Å². The van der Waals surface area contributed by atoms with E-state index in [0.717, 1.165) is 23.0 Å². The van der Waals surface area contributed by atoms with E-state index >= 15 is 0 Å². The summed E-state index contributed by atoms with van der Waals surface area (Å²) < 4.78 is 17.3. The second-order valence-electron chi connectivity index (χ2n) is 4.19. The minimum Gasteiger partial charge on any atom is -0.495 e. The first-order valence-corrected chi connectivity index (χ1v) is 6.84. The number of benzene rings is 1. The van der Waals surface area contributed by atoms with E-state index < -0.39 is 10.8 Å². The Hall–Kier alpha value is -1.03. The van der Waals surface area contributed by atoms with Crippen molar-refractivity contribution in [1.29, 1.82) is 0 Å². The molecule has 3 nitrogen and oxygen atoms in total. The summed E-state index contributed by atoms with van der Waals surface area (Å²) in [5, 5.41) is 0. The molecule has 1 aromatic rings. The molecule has 0 aromatic heterocycles. The van der Waals surface area contributed by atoms with E-state index in [1.165, 1.54) is 12.8 Å². The second kappa shape index (κ2) is 4.87. The number of methoxy groups -OCH3 is 1. The van der Waals surface area contributed by atoms with Crippen molar-refractivity contribution in [2.45, 2.75) is 24.2 Å². The van der Waals surface area contributed by atoms with Crippen LogP contribution in [0.25, 0.3) is 0 Å². The van der Waals surface area contributed by atoms with Gasteiger partial charge in [-0.3, -0.25) is 4.21 Å². The summed E-state index contributed by atoms with van der Waals surface area (Å²) >= 11 is 0. The van der Waals surface area contributed by atoms with Crippen LogP contribution in [-0.4, -0.2) is 17.1 Å². The maximum atomic E-state index is 12.1. The molecule has 1 fully saturated rings. The minimum absolute atomic E-state index is 0.633. The number of nitrogen functional groups attached to an aromatic ring is 1. The van der Waals surface area contributed by atoms with Gasteiger partial charge < -0.3 is 10.5 Å². The molecule has 0 saturated heterocycles. The highest BCUT2D eigenvalue weighted by atomic mass is 32.2. The maximum absolute atomic E-state index is 12.1. The summed E-state index contributed by atoms with van der Waals surface area (Å²) in [5.41, 5.74) is 6.30. The fraction of sp³-hybridized carbons (Fsp3) is 0.500. The second-order valence-corrected chi connectivity index (χ2v) is 5.73. The van der Waals surface area contributed by atoms with Gasteiger partial charge in [0.25, 0.3) is 0 Å². The van der Waals surface area contributed by atoms with E-state index in [4.69, 9.17) is 10.5 Å². The van der Waals surface area contributed by atoms with Gasteiger partial charge >= 0.3 is 0 Å². The van der Waals surface area contributed by atoms with Crippen molar-refractivity contribution in [2.24, 2.45) is 5.92 Å². The van der Waals surface area contributed by atoms with Gasteiger partial charge in [0.05, 0.1) is 22.8 Å². The Balaban J connectivity index is 2.08. The van der Waals surface area contributed by atoms with Gasteiger partial charge in [-0.05, 0) is 24.5 Å². The molecule has 16 heavy (non-hydrogen) atoms. The number of rotatable bonds is 5. The van der Waals surface area contributed by atoms with Crippen LogP contribution in [0.3, 0.4) is 0 Å². The Labute approximate surface area is 98.4 Å². The van der Waals surface area contributed by atoms with Gasteiger partial charge in [0.2, 0.25) is 0 Å². The van der Waals surface area contributed by atoms with E-state index in [1.807, 2.05) is 0 Å². The largest absolute Gasteiger partial charge is 0.495 e. The minimum atomic E-state index is -0.964. The predicted molar refractivity (Wildman–Crippen MR) is 66.0 cm³/mol. The fourth-order valence-electron chi connectivity index (χ4n) is 1.66. The summed E-state index contributed by atoms with van der Waals surface area (Å²) in [6, 6.07) is 5.30. The van der Waals surface area contributed by atoms with Gasteiger partial charge in [-0.25, -0.2) is 0 Å². The molecule has 88 valence electrons. The third kappa shape index (κ3) is 2.76. The van der Waals surface area contributed by atoms with Crippen LogP contribution < -0.4 is 10.5 Å². The van der Waals surface area contributed by atoms with Crippen LogP contribution in [0.5, 0.6) is 5.75 Å². The first-order valence-electron chi connectivity index (χ1n) is 5.52. The zero-order valence-electron chi connectivity index (χ0n) is 9.44. The van der Waals surface area contributed by atoms with Crippen LogP contribution in [0.2, 0.25) is 0 Å². The highest BCUT2D eigenvalue weighted by Crippen LogP contribution is 2.33. The van der Waals surface area contributed by atoms with Gasteiger partial charge in [-0.1, -0.05) is 12.8 Å². The fourth-order valence-corrected chi connectivity index (χ4v) is 3.02. The average Bonchev–Trinajstić information content (AvgIpc) is 3.09. The first-order chi connectivity index (χ1) is 7.70. The third-order valence-electron chi connectivity index (χ3n) is 2.84. The summed E-state index contributed by atoms with van der Waals surface area (Å²) in [5.74, 6) is 2.17. The Morgan fingerprint density at radius 1 is 1.50 bits per heavy atom. The number of ether oxygens (including phenoxy) is 1. The van der Waals surface area contributed by atoms with E-state index in [-0.39, 0.29) is 0 Å². The zero-order valence-corrected chi connectivity index (χ0v) is 10.3. The van der Waals surface area contributed by atoms with Crippen LogP contribution in [0.1, 0.15) is 19.3 Å². The molecule has 0 spiro atoms. The molecular formula is C12H17NO2S. The van der Waals surface area contributed by atoms with Crippen molar-refractivity contribution in [3.05, 3.63) is 18.2 Å². The lowest BCUT2D eigenvalue weighted by Crippen LogP contribution is -2.02. The highest BCUT2D eigenvalue weighted by molar-refractivity contribution is 7.85. The van der Waals surface area contributed by atoms with Crippen molar-refractivity contribution < 1.29 is 8.95 Å². The Morgan fingerprint density at radius 2 is 2.25 bits per heavy atom. The topological polar surface area (TPSA) is 52.3 Å². The lowest BCUT2D eigenvalue weighted by Gasteiger charge is -2.08. The van der Waals surface area contributed by atoms with Crippen molar-refractivity contribution >= 4 is 16.5 Å². The van der Waals surface area contributed by atoms with Crippen molar-refractivity contribution in [3.8, 4) is 5.75 Å². The summed E-state index contributed by atoms with van der Waals surface area (Å²) in [7, 11) is 0.615. The summed E-state index contributed by atoms with van der Waals surface area (Å²) in [6.45, 7) is 0. The summed E-state index contributed by atoms with van der Waals surface area (Å²) in [6.07, 6.45) is 3.66. The monoisotopic (exact) mass is 239 g/mol. The molecule has 0 heterocycles. The molecule has 2 N–H and O–H groups in total. The van der Waals surface area contributed by atoms with Gasteiger partial charge in [-0.2, -0.15) is 0 Å². The average molecular weight is 239 g/mol. The van der Waals surface area contributed by atoms with Gasteiger partial charge in [0.1, 0.15) is 5.75 Å². The number of hydrogen-bond donors (Lipinski definition) is 1. The summed E-state index contributed by atoms with van der Waals surface area (Å²) in [4.78, 5) is 0.761. The lowest BCUT2D eigenvalue weighted by molar-refractivity contribution is 0.404. The maximum Gasteiger partial charge on any atom is 0.137 e. The van der Waals surface area contributed by atoms with E-state index in [9.17, 15) is 4.21 Å². The Morgan fingerprint density at radius 3 is 2.88 bits per heavy atom. The SMILES string of the molecule is COc1cc(N)ccc1S(=O)CCC1CC1. The van der Waals surface area contributed by atoms with E-state index in [0.29, 0.717) is 11.4 Å². The van der Waals surface area contributed by atoms with Gasteiger partial charge in [-0.15, -0.1) is 0 Å². The number of nitrogens with two attached hydrogens (primary N) is 1. The molecule has 4 heteroatoms. The van der Waals surface area contributed by atoms with E-state index in [2.05, 4.69) is 0 Å². The molecule has 0 radical (unpaired) electrons. The number of anilines is 1. The molecule has 1 unspecified atom stereocenters. The first kappa shape index (κ1) is 11.5. The predicted octanol–water partition coefficient (Wildman–Crippen LogP) is 2.19. The molecule has 1 saturated carbocycles. The van der Waals surface area contributed by atoms with Crippen LogP contribution in [0, 0.1) is 5.92 Å². The Kier molecular flexibility index (Phi) is 3.49. The molecule has 1 aliphatic carbocycles. The molecule has 1 aliphatic rings. The molecule has 0 amide bonds. The van der Waals surface area contributed by atoms with Gasteiger partial charge in [0, 0.05) is 17.5 Å². The highest BCUT2D eigenvalue weighted by Gasteiger charge is 2.22. The molecule has 0 bridgehead atoms. The van der Waals surface area contributed by atoms with Crippen molar-refractivity contribution in [1.82, 2.24) is 0 Å². The van der Waals surface area contributed by atoms with Crippen LogP contribution in [0.4, 0.5) is 5.69 Å². The standard InChI is InChI=1S/C12H17NO2S/c1-15-11-8-10(13)4-5-12(11)16(14)7-6-9-2-3-9/h4-5,8-9H,2-3,6-7,13H2,1H3. The molecule has 0 aliphatic heterocycles. The Bertz CT molecular complexity index is 402. The van der Waals surface area contributed by atoms with Gasteiger partial charge in [0.15, 0.2) is 0 Å². The molecular weight excluding hydrogens is 222 g/mol. The van der Waals surface area contributed by atoms with Crippen molar-refractivity contribution in [3.63, 3.8) is 0 Å². The molecule has 2 rings (SSSR count). The normalized spacial score (nSPS) is 17.1. The van der Waals surface area contributed by atoms with Crippen LogP contribution >= 0.6 is 0 Å². The third-order valence-corrected chi connectivity index (χ3v) is 4.28.